The third-order valence-electron chi connectivity index (χ3n) is 3.99. The molecule has 0 bridgehead atoms. The van der Waals surface area contributed by atoms with Gasteiger partial charge in [0.2, 0.25) is 0 Å². The minimum Gasteiger partial charge on any atom is -0.310 e. The molecular weight excluding hydrogens is 254 g/mol. The summed E-state index contributed by atoms with van der Waals surface area (Å²) in [6.45, 7) is 18.9. The molecule has 1 heteroatoms. The first-order valence-electron chi connectivity index (χ1n) is 8.14. The molecule has 0 fully saturated rings. The van der Waals surface area contributed by atoms with Crippen LogP contribution in [0.25, 0.3) is 0 Å². The summed E-state index contributed by atoms with van der Waals surface area (Å²) in [5, 5.41) is 3.59. The van der Waals surface area contributed by atoms with Crippen LogP contribution in [0.2, 0.25) is 0 Å². The van der Waals surface area contributed by atoms with Crippen LogP contribution in [0, 0.1) is 13.8 Å². The number of aryl methyl sites for hydroxylation is 2. The zero-order valence-corrected chi connectivity index (χ0v) is 15.2. The molecule has 0 radical (unpaired) electrons. The summed E-state index contributed by atoms with van der Waals surface area (Å²) in [5.41, 5.74) is 7.36. The normalized spacial score (nSPS) is 13.1. The van der Waals surface area contributed by atoms with Crippen molar-refractivity contribution in [3.8, 4) is 0 Å². The van der Waals surface area contributed by atoms with Gasteiger partial charge in [-0.05, 0) is 68.3 Å². The van der Waals surface area contributed by atoms with Crippen molar-refractivity contribution in [2.75, 3.05) is 6.54 Å². The zero-order valence-electron chi connectivity index (χ0n) is 15.2. The summed E-state index contributed by atoms with van der Waals surface area (Å²) in [4.78, 5) is 0. The topological polar surface area (TPSA) is 12.0 Å². The molecule has 1 N–H and O–H groups in total. The van der Waals surface area contributed by atoms with Crippen LogP contribution in [-0.4, -0.2) is 12.6 Å². The van der Waals surface area contributed by atoms with Gasteiger partial charge >= 0.3 is 0 Å². The van der Waals surface area contributed by atoms with Crippen molar-refractivity contribution in [3.05, 3.63) is 46.0 Å². The van der Waals surface area contributed by atoms with E-state index < -0.39 is 0 Å². The Morgan fingerprint density at radius 1 is 1.14 bits per heavy atom. The molecule has 1 nitrogen and oxygen atoms in total. The fourth-order valence-corrected chi connectivity index (χ4v) is 2.82. The lowest BCUT2D eigenvalue weighted by Gasteiger charge is -2.24. The predicted molar refractivity (Wildman–Crippen MR) is 95.2 cm³/mol. The molecule has 0 heterocycles. The van der Waals surface area contributed by atoms with Gasteiger partial charge in [0.1, 0.15) is 0 Å². The number of hydrogen-bond acceptors (Lipinski definition) is 1. The lowest BCUT2D eigenvalue weighted by atomic mass is 9.83. The molecule has 0 aliphatic rings. The summed E-state index contributed by atoms with van der Waals surface area (Å²) in [7, 11) is 0. The Morgan fingerprint density at radius 3 is 2.05 bits per heavy atom. The van der Waals surface area contributed by atoms with Crippen molar-refractivity contribution in [2.24, 2.45) is 0 Å². The van der Waals surface area contributed by atoms with Crippen LogP contribution < -0.4 is 5.32 Å². The molecule has 21 heavy (non-hydrogen) atoms. The lowest BCUT2D eigenvalue weighted by Crippen LogP contribution is -2.30. The van der Waals surface area contributed by atoms with Gasteiger partial charge < -0.3 is 5.32 Å². The Balaban J connectivity index is 3.11. The average molecular weight is 287 g/mol. The van der Waals surface area contributed by atoms with Gasteiger partial charge in [-0.1, -0.05) is 51.5 Å². The first-order valence-corrected chi connectivity index (χ1v) is 8.14. The van der Waals surface area contributed by atoms with Crippen molar-refractivity contribution < 1.29 is 0 Å². The fraction of sp³-hybridized carbons (Fsp3) is 0.600. The molecule has 1 rings (SSSR count). The highest BCUT2D eigenvalue weighted by Crippen LogP contribution is 2.27. The second-order valence-electron chi connectivity index (χ2n) is 7.45. The van der Waals surface area contributed by atoms with E-state index >= 15 is 0 Å². The van der Waals surface area contributed by atoms with Gasteiger partial charge in [-0.25, -0.2) is 0 Å². The van der Waals surface area contributed by atoms with Gasteiger partial charge in [-0.15, -0.1) is 0 Å². The van der Waals surface area contributed by atoms with Crippen molar-refractivity contribution in [1.82, 2.24) is 5.32 Å². The number of rotatable bonds is 5. The first-order chi connectivity index (χ1) is 9.65. The largest absolute Gasteiger partial charge is 0.310 e. The molecule has 1 aromatic carbocycles. The Morgan fingerprint density at radius 2 is 1.67 bits per heavy atom. The van der Waals surface area contributed by atoms with Gasteiger partial charge in [0.05, 0.1) is 0 Å². The number of nitrogens with one attached hydrogen (secondary N) is 1. The minimum absolute atomic E-state index is 0.217. The summed E-state index contributed by atoms with van der Waals surface area (Å²) in [6.07, 6.45) is 3.42. The third-order valence-corrected chi connectivity index (χ3v) is 3.99. The van der Waals surface area contributed by atoms with Crippen LogP contribution in [0.15, 0.2) is 23.8 Å². The van der Waals surface area contributed by atoms with E-state index in [1.165, 1.54) is 27.8 Å². The zero-order chi connectivity index (χ0) is 16.2. The molecule has 0 aromatic heterocycles. The van der Waals surface area contributed by atoms with Gasteiger partial charge in [0.15, 0.2) is 0 Å². The Bertz CT molecular complexity index is 476. The van der Waals surface area contributed by atoms with Gasteiger partial charge in [0, 0.05) is 6.04 Å². The lowest BCUT2D eigenvalue weighted by molar-refractivity contribution is 0.585. The van der Waals surface area contributed by atoms with Crippen LogP contribution in [-0.2, 0) is 11.8 Å². The maximum atomic E-state index is 3.59. The van der Waals surface area contributed by atoms with E-state index in [1.54, 1.807) is 0 Å². The van der Waals surface area contributed by atoms with Crippen molar-refractivity contribution in [1.29, 1.82) is 0 Å². The monoisotopic (exact) mass is 287 g/mol. The summed E-state index contributed by atoms with van der Waals surface area (Å²) in [5.74, 6) is 0. The quantitative estimate of drug-likeness (QED) is 0.744. The summed E-state index contributed by atoms with van der Waals surface area (Å²) in [6, 6.07) is 5.17. The Labute approximate surface area is 131 Å². The van der Waals surface area contributed by atoms with Gasteiger partial charge in [-0.2, -0.15) is 0 Å². The molecule has 1 aromatic rings. The number of benzene rings is 1. The van der Waals surface area contributed by atoms with E-state index in [2.05, 4.69) is 78.9 Å². The molecule has 1 unspecified atom stereocenters. The number of allylic oxidation sites excluding steroid dienone is 1. The molecular formula is C20H33N. The summed E-state index contributed by atoms with van der Waals surface area (Å²) < 4.78 is 0. The summed E-state index contributed by atoms with van der Waals surface area (Å²) >= 11 is 0. The highest BCUT2D eigenvalue weighted by molar-refractivity contribution is 5.41. The number of likely N-dealkylation sites (N-methyl/N-ethyl adjacent to an activating group) is 1. The fourth-order valence-electron chi connectivity index (χ4n) is 2.82. The van der Waals surface area contributed by atoms with Crippen LogP contribution in [0.3, 0.4) is 0 Å². The maximum Gasteiger partial charge on any atom is 0.0292 e. The third kappa shape index (κ3) is 5.32. The first kappa shape index (κ1) is 18.0. The van der Waals surface area contributed by atoms with Crippen LogP contribution in [0.5, 0.6) is 0 Å². The van der Waals surface area contributed by atoms with Crippen LogP contribution in [0.4, 0.5) is 0 Å². The van der Waals surface area contributed by atoms with E-state index in [0.29, 0.717) is 6.04 Å². The predicted octanol–water partition coefficient (Wildman–Crippen LogP) is 5.09. The number of hydrogen-bond donors (Lipinski definition) is 1. The molecule has 0 amide bonds. The average Bonchev–Trinajstić information content (AvgIpc) is 2.31. The van der Waals surface area contributed by atoms with Gasteiger partial charge in [0.25, 0.3) is 0 Å². The highest BCUT2D eigenvalue weighted by Gasteiger charge is 2.17. The van der Waals surface area contributed by atoms with Crippen LogP contribution >= 0.6 is 0 Å². The molecule has 0 aliphatic heterocycles. The molecule has 1 atom stereocenters. The minimum atomic E-state index is 0.217. The molecule has 0 saturated heterocycles. The van der Waals surface area contributed by atoms with Gasteiger partial charge in [-0.3, -0.25) is 0 Å². The van der Waals surface area contributed by atoms with E-state index in [1.807, 2.05) is 0 Å². The Hall–Kier alpha value is -1.08. The molecule has 0 saturated carbocycles. The van der Waals surface area contributed by atoms with E-state index in [0.717, 1.165) is 13.0 Å². The van der Waals surface area contributed by atoms with Crippen molar-refractivity contribution in [2.45, 2.75) is 73.3 Å². The van der Waals surface area contributed by atoms with E-state index in [4.69, 9.17) is 0 Å². The van der Waals surface area contributed by atoms with E-state index in [9.17, 15) is 0 Å². The second-order valence-corrected chi connectivity index (χ2v) is 7.45. The standard InChI is InChI=1S/C20H33N/c1-9-21-18(10-14(2)3)13-19-15(4)11-17(12-16(19)5)20(6,7)8/h10-12,18,21H,9,13H2,1-8H3. The molecule has 0 spiro atoms. The van der Waals surface area contributed by atoms with Crippen molar-refractivity contribution in [3.63, 3.8) is 0 Å². The second kappa shape index (κ2) is 7.26. The smallest absolute Gasteiger partial charge is 0.0292 e. The van der Waals surface area contributed by atoms with Crippen molar-refractivity contribution >= 4 is 0 Å². The Kier molecular flexibility index (Phi) is 6.22. The molecule has 0 aliphatic carbocycles. The van der Waals surface area contributed by atoms with Crippen LogP contribution in [0.1, 0.15) is 63.8 Å². The maximum absolute atomic E-state index is 3.59. The van der Waals surface area contributed by atoms with E-state index in [-0.39, 0.29) is 5.41 Å². The molecule has 118 valence electrons. The SMILES string of the molecule is CCNC(C=C(C)C)Cc1c(C)cc(C(C)(C)C)cc1C. The highest BCUT2D eigenvalue weighted by atomic mass is 14.9.